The molecule has 2 aliphatic heterocycles. The Balaban J connectivity index is 1.82. The van der Waals surface area contributed by atoms with Crippen molar-refractivity contribution in [1.82, 2.24) is 9.97 Å². The van der Waals surface area contributed by atoms with E-state index >= 15 is 0 Å². The van der Waals surface area contributed by atoms with Gasteiger partial charge in [-0.05, 0) is 12.5 Å². The maximum Gasteiger partial charge on any atom is 0.433 e. The second-order valence-corrected chi connectivity index (χ2v) is 4.87. The molecule has 0 atom stereocenters. The molecule has 0 aromatic carbocycles. The van der Waals surface area contributed by atoms with Gasteiger partial charge in [0.1, 0.15) is 5.69 Å². The molecule has 3 heterocycles. The zero-order valence-electron chi connectivity index (χ0n) is 10.7. The van der Waals surface area contributed by atoms with Gasteiger partial charge in [0, 0.05) is 19.2 Å². The average Bonchev–Trinajstić information content (AvgIpc) is 2.86. The Morgan fingerprint density at radius 3 is 2.70 bits per heavy atom. The molecule has 2 aliphatic rings. The number of alkyl halides is 3. The summed E-state index contributed by atoms with van der Waals surface area (Å²) in [7, 11) is 0. The van der Waals surface area contributed by atoms with Gasteiger partial charge in [-0.3, -0.25) is 0 Å². The van der Waals surface area contributed by atoms with Crippen molar-refractivity contribution in [3.05, 3.63) is 18.0 Å². The fraction of sp³-hybridized carbons (Fsp3) is 0.667. The first-order valence-corrected chi connectivity index (χ1v) is 6.42. The van der Waals surface area contributed by atoms with Crippen molar-refractivity contribution in [3.8, 4) is 0 Å². The van der Waals surface area contributed by atoms with Gasteiger partial charge in [-0.15, -0.1) is 0 Å². The summed E-state index contributed by atoms with van der Waals surface area (Å²) < 4.78 is 49.2. The number of nitrogens with zero attached hydrogens (tertiary/aromatic N) is 3. The zero-order valence-corrected chi connectivity index (χ0v) is 10.7. The Bertz CT molecular complexity index is 489. The van der Waals surface area contributed by atoms with Crippen molar-refractivity contribution in [1.29, 1.82) is 0 Å². The molecule has 0 amide bonds. The zero-order chi connectivity index (χ0) is 14.2. The monoisotopic (exact) mass is 289 g/mol. The number of ether oxygens (including phenoxy) is 2. The summed E-state index contributed by atoms with van der Waals surface area (Å²) in [6, 6.07) is 0.867. The van der Waals surface area contributed by atoms with E-state index in [1.54, 1.807) is 4.90 Å². The third-order valence-electron chi connectivity index (χ3n) is 3.45. The molecule has 8 heteroatoms. The number of anilines is 1. The highest BCUT2D eigenvalue weighted by atomic mass is 19.4. The molecule has 20 heavy (non-hydrogen) atoms. The van der Waals surface area contributed by atoms with E-state index in [-0.39, 0.29) is 5.95 Å². The molecule has 0 N–H and O–H groups in total. The van der Waals surface area contributed by atoms with E-state index in [2.05, 4.69) is 9.97 Å². The van der Waals surface area contributed by atoms with E-state index in [0.717, 1.165) is 25.1 Å². The molecule has 5 nitrogen and oxygen atoms in total. The molecule has 0 saturated carbocycles. The topological polar surface area (TPSA) is 47.5 Å². The Morgan fingerprint density at radius 2 is 2.00 bits per heavy atom. The SMILES string of the molecule is FC(F)(F)c1ccnc(N2CCCC3(C2)OCCO3)n1. The van der Waals surface area contributed by atoms with Crippen molar-refractivity contribution in [2.24, 2.45) is 0 Å². The van der Waals surface area contributed by atoms with Crippen molar-refractivity contribution < 1.29 is 22.6 Å². The van der Waals surface area contributed by atoms with Crippen LogP contribution in [0, 0.1) is 0 Å². The van der Waals surface area contributed by atoms with Gasteiger partial charge >= 0.3 is 6.18 Å². The van der Waals surface area contributed by atoms with Gasteiger partial charge in [0.15, 0.2) is 5.79 Å². The fourth-order valence-corrected chi connectivity index (χ4v) is 2.55. The second-order valence-electron chi connectivity index (χ2n) is 4.87. The number of rotatable bonds is 1. The molecule has 110 valence electrons. The Hall–Kier alpha value is -1.41. The summed E-state index contributed by atoms with van der Waals surface area (Å²) in [5.41, 5.74) is -0.935. The van der Waals surface area contributed by atoms with Crippen LogP contribution in [0.2, 0.25) is 0 Å². The summed E-state index contributed by atoms with van der Waals surface area (Å²) in [6.07, 6.45) is -1.84. The largest absolute Gasteiger partial charge is 0.433 e. The molecule has 3 rings (SSSR count). The minimum atomic E-state index is -4.47. The van der Waals surface area contributed by atoms with E-state index < -0.39 is 17.7 Å². The van der Waals surface area contributed by atoms with Crippen molar-refractivity contribution in [2.75, 3.05) is 31.2 Å². The van der Waals surface area contributed by atoms with Crippen LogP contribution in [0.3, 0.4) is 0 Å². The molecular weight excluding hydrogens is 275 g/mol. The van der Waals surface area contributed by atoms with Gasteiger partial charge in [0.05, 0.1) is 19.8 Å². The molecule has 0 radical (unpaired) electrons. The normalized spacial score (nSPS) is 22.4. The second kappa shape index (κ2) is 4.85. The Morgan fingerprint density at radius 1 is 1.25 bits per heavy atom. The maximum absolute atomic E-state index is 12.7. The predicted octanol–water partition coefficient (Wildman–Crippen LogP) is 1.84. The summed E-state index contributed by atoms with van der Waals surface area (Å²) in [5.74, 6) is -0.645. The molecular formula is C12H14F3N3O2. The van der Waals surface area contributed by atoms with Crippen molar-refractivity contribution in [2.45, 2.75) is 24.8 Å². The lowest BCUT2D eigenvalue weighted by Crippen LogP contribution is -2.49. The third-order valence-corrected chi connectivity index (χ3v) is 3.45. The number of hydrogen-bond acceptors (Lipinski definition) is 5. The fourth-order valence-electron chi connectivity index (χ4n) is 2.55. The lowest BCUT2D eigenvalue weighted by atomic mass is 10.1. The predicted molar refractivity (Wildman–Crippen MR) is 63.1 cm³/mol. The van der Waals surface area contributed by atoms with E-state index in [4.69, 9.17) is 9.47 Å². The first-order chi connectivity index (χ1) is 9.49. The Labute approximate surface area is 113 Å². The van der Waals surface area contributed by atoms with Gasteiger partial charge in [0.2, 0.25) is 5.95 Å². The molecule has 2 saturated heterocycles. The molecule has 0 aliphatic carbocycles. The minimum absolute atomic E-state index is 0.0676. The van der Waals surface area contributed by atoms with Crippen LogP contribution in [0.15, 0.2) is 12.3 Å². The van der Waals surface area contributed by atoms with Gasteiger partial charge < -0.3 is 14.4 Å². The van der Waals surface area contributed by atoms with Crippen LogP contribution in [0.5, 0.6) is 0 Å². The maximum atomic E-state index is 12.7. The van der Waals surface area contributed by atoms with Crippen LogP contribution in [0.1, 0.15) is 18.5 Å². The van der Waals surface area contributed by atoms with E-state index in [0.29, 0.717) is 26.3 Å². The Kier molecular flexibility index (Phi) is 3.29. The van der Waals surface area contributed by atoms with Crippen molar-refractivity contribution >= 4 is 5.95 Å². The van der Waals surface area contributed by atoms with Crippen LogP contribution < -0.4 is 4.90 Å². The highest BCUT2D eigenvalue weighted by Gasteiger charge is 2.42. The van der Waals surface area contributed by atoms with Gasteiger partial charge in [-0.25, -0.2) is 9.97 Å². The quantitative estimate of drug-likeness (QED) is 0.789. The summed E-state index contributed by atoms with van der Waals surface area (Å²) in [5, 5.41) is 0. The minimum Gasteiger partial charge on any atom is -0.346 e. The number of aromatic nitrogens is 2. The third kappa shape index (κ3) is 2.57. The first-order valence-electron chi connectivity index (χ1n) is 6.42. The summed E-state index contributed by atoms with van der Waals surface area (Å²) in [6.45, 7) is 1.97. The van der Waals surface area contributed by atoms with Crippen LogP contribution in [-0.4, -0.2) is 42.1 Å². The van der Waals surface area contributed by atoms with Crippen molar-refractivity contribution in [3.63, 3.8) is 0 Å². The van der Waals surface area contributed by atoms with Crippen LogP contribution in [0.25, 0.3) is 0 Å². The standard InChI is InChI=1S/C12H14F3N3O2/c13-12(14,15)9-2-4-16-10(17-9)18-5-1-3-11(8-18)19-6-7-20-11/h2,4H,1,3,5-8H2. The van der Waals surface area contributed by atoms with Gasteiger partial charge in [0.25, 0.3) is 0 Å². The number of hydrogen-bond donors (Lipinski definition) is 0. The first kappa shape index (κ1) is 13.6. The smallest absolute Gasteiger partial charge is 0.346 e. The lowest BCUT2D eigenvalue weighted by molar-refractivity contribution is -0.161. The molecule has 1 spiro atoms. The molecule has 1 aromatic rings. The summed E-state index contributed by atoms with van der Waals surface area (Å²) >= 11 is 0. The molecule has 1 aromatic heterocycles. The highest BCUT2D eigenvalue weighted by Crippen LogP contribution is 2.33. The molecule has 2 fully saturated rings. The van der Waals surface area contributed by atoms with Crippen LogP contribution in [-0.2, 0) is 15.7 Å². The van der Waals surface area contributed by atoms with E-state index in [9.17, 15) is 13.2 Å². The van der Waals surface area contributed by atoms with Crippen LogP contribution >= 0.6 is 0 Å². The number of halogens is 3. The molecule has 0 bridgehead atoms. The summed E-state index contributed by atoms with van der Waals surface area (Å²) in [4.78, 5) is 9.22. The number of piperidine rings is 1. The van der Waals surface area contributed by atoms with Gasteiger partial charge in [-0.1, -0.05) is 0 Å². The van der Waals surface area contributed by atoms with E-state index in [1.165, 1.54) is 0 Å². The lowest BCUT2D eigenvalue weighted by Gasteiger charge is -2.38. The average molecular weight is 289 g/mol. The van der Waals surface area contributed by atoms with Crippen LogP contribution in [0.4, 0.5) is 19.1 Å². The highest BCUT2D eigenvalue weighted by molar-refractivity contribution is 5.32. The van der Waals surface area contributed by atoms with Gasteiger partial charge in [-0.2, -0.15) is 13.2 Å². The van der Waals surface area contributed by atoms with E-state index in [1.807, 2.05) is 0 Å². The molecule has 0 unspecified atom stereocenters.